The maximum absolute atomic E-state index is 13.8. The van der Waals surface area contributed by atoms with Gasteiger partial charge >= 0.3 is 0 Å². The molecule has 106 valence electrons. The lowest BCUT2D eigenvalue weighted by molar-refractivity contribution is 0.153. The van der Waals surface area contributed by atoms with Gasteiger partial charge in [0.2, 0.25) is 0 Å². The topological polar surface area (TPSA) is 24.5 Å². The van der Waals surface area contributed by atoms with Gasteiger partial charge in [-0.1, -0.05) is 19.1 Å². The molecule has 1 unspecified atom stereocenters. The van der Waals surface area contributed by atoms with Crippen LogP contribution in [-0.4, -0.2) is 39.9 Å². The predicted molar refractivity (Wildman–Crippen MR) is 76.1 cm³/mol. The number of ether oxygens (including phenoxy) is 1. The minimum Gasteiger partial charge on any atom is -0.381 e. The zero-order valence-electron chi connectivity index (χ0n) is 11.8. The summed E-state index contributed by atoms with van der Waals surface area (Å²) in [5, 5.41) is 3.40. The minimum atomic E-state index is -0.164. The van der Waals surface area contributed by atoms with Gasteiger partial charge in [-0.25, -0.2) is 4.39 Å². The first kappa shape index (κ1) is 14.3. The lowest BCUT2D eigenvalue weighted by Crippen LogP contribution is -2.43. The summed E-state index contributed by atoms with van der Waals surface area (Å²) in [4.78, 5) is 2.00. The van der Waals surface area contributed by atoms with Crippen molar-refractivity contribution >= 4 is 5.69 Å². The van der Waals surface area contributed by atoms with Crippen molar-refractivity contribution in [3.63, 3.8) is 0 Å². The second-order valence-corrected chi connectivity index (χ2v) is 5.39. The summed E-state index contributed by atoms with van der Waals surface area (Å²) >= 11 is 0. The van der Waals surface area contributed by atoms with Crippen LogP contribution >= 0.6 is 0 Å². The lowest BCUT2D eigenvalue weighted by Gasteiger charge is -2.33. The number of rotatable bonds is 6. The van der Waals surface area contributed by atoms with Gasteiger partial charge in [0.05, 0.1) is 12.3 Å². The van der Waals surface area contributed by atoms with Crippen molar-refractivity contribution in [2.45, 2.75) is 13.3 Å². The molecule has 0 spiro atoms. The summed E-state index contributed by atoms with van der Waals surface area (Å²) < 4.78 is 19.4. The molecule has 1 heterocycles. The highest BCUT2D eigenvalue weighted by Crippen LogP contribution is 2.31. The highest BCUT2D eigenvalue weighted by molar-refractivity contribution is 5.47. The van der Waals surface area contributed by atoms with Gasteiger partial charge in [-0.3, -0.25) is 0 Å². The maximum atomic E-state index is 13.8. The summed E-state index contributed by atoms with van der Waals surface area (Å²) in [5.41, 5.74) is 0.748. The van der Waals surface area contributed by atoms with E-state index in [2.05, 4.69) is 12.2 Å². The normalized spacial score (nSPS) is 22.7. The molecule has 1 aliphatic heterocycles. The fraction of sp³-hybridized carbons (Fsp3) is 0.600. The average Bonchev–Trinajstić information content (AvgIpc) is 2.86. The fourth-order valence-electron chi connectivity index (χ4n) is 2.71. The molecule has 1 saturated heterocycles. The first-order valence-electron chi connectivity index (χ1n) is 6.91. The smallest absolute Gasteiger partial charge is 0.146 e. The maximum Gasteiger partial charge on any atom is 0.146 e. The van der Waals surface area contributed by atoms with E-state index < -0.39 is 0 Å². The standard InChI is InChI=1S/C15H23FN2O/c1-3-17-10-15(8-9-19-12-15)11-18(2)14-7-5-4-6-13(14)16/h4-7,17H,3,8-12H2,1-2H3. The van der Waals surface area contributed by atoms with E-state index >= 15 is 0 Å². The molecule has 2 rings (SSSR count). The molecule has 1 N–H and O–H groups in total. The van der Waals surface area contributed by atoms with Gasteiger partial charge in [0.25, 0.3) is 0 Å². The number of benzene rings is 1. The third-order valence-electron chi connectivity index (χ3n) is 3.77. The lowest BCUT2D eigenvalue weighted by atomic mass is 9.86. The molecule has 1 fully saturated rings. The molecule has 1 aromatic carbocycles. The average molecular weight is 266 g/mol. The molecular formula is C15H23FN2O. The molecule has 1 atom stereocenters. The van der Waals surface area contributed by atoms with E-state index in [1.54, 1.807) is 6.07 Å². The van der Waals surface area contributed by atoms with Crippen molar-refractivity contribution in [3.05, 3.63) is 30.1 Å². The van der Waals surface area contributed by atoms with Crippen molar-refractivity contribution in [2.75, 3.05) is 44.8 Å². The first-order valence-corrected chi connectivity index (χ1v) is 6.91. The number of hydrogen-bond acceptors (Lipinski definition) is 3. The van der Waals surface area contributed by atoms with Crippen molar-refractivity contribution in [1.82, 2.24) is 5.32 Å². The number of hydrogen-bond donors (Lipinski definition) is 1. The Labute approximate surface area is 114 Å². The van der Waals surface area contributed by atoms with E-state index in [0.717, 1.165) is 39.3 Å². The van der Waals surface area contributed by atoms with Gasteiger partial charge < -0.3 is 15.0 Å². The van der Waals surface area contributed by atoms with Crippen LogP contribution in [0.2, 0.25) is 0 Å². The van der Waals surface area contributed by atoms with Crippen molar-refractivity contribution in [2.24, 2.45) is 5.41 Å². The SMILES string of the molecule is CCNCC1(CN(C)c2ccccc2F)CCOC1. The van der Waals surface area contributed by atoms with Crippen LogP contribution < -0.4 is 10.2 Å². The highest BCUT2D eigenvalue weighted by Gasteiger charge is 2.36. The molecule has 1 aromatic rings. The molecular weight excluding hydrogens is 243 g/mol. The molecule has 0 bridgehead atoms. The molecule has 0 aromatic heterocycles. The number of nitrogens with one attached hydrogen (secondary N) is 1. The molecule has 0 radical (unpaired) electrons. The van der Waals surface area contributed by atoms with Crippen LogP contribution in [0.15, 0.2) is 24.3 Å². The second kappa shape index (κ2) is 6.35. The first-order chi connectivity index (χ1) is 9.17. The largest absolute Gasteiger partial charge is 0.381 e. The number of anilines is 1. The predicted octanol–water partition coefficient (Wildman–Crippen LogP) is 2.28. The fourth-order valence-corrected chi connectivity index (χ4v) is 2.71. The zero-order chi connectivity index (χ0) is 13.7. The van der Waals surface area contributed by atoms with Crippen molar-refractivity contribution in [1.29, 1.82) is 0 Å². The van der Waals surface area contributed by atoms with Crippen LogP contribution in [-0.2, 0) is 4.74 Å². The number of halogens is 1. The monoisotopic (exact) mass is 266 g/mol. The summed E-state index contributed by atoms with van der Waals surface area (Å²) in [6.07, 6.45) is 1.03. The molecule has 3 nitrogen and oxygen atoms in total. The van der Waals surface area contributed by atoms with Gasteiger partial charge in [0.1, 0.15) is 5.82 Å². The van der Waals surface area contributed by atoms with Crippen LogP contribution in [0.5, 0.6) is 0 Å². The Morgan fingerprint density at radius 3 is 2.84 bits per heavy atom. The van der Waals surface area contributed by atoms with Crippen LogP contribution in [0.3, 0.4) is 0 Å². The summed E-state index contributed by atoms with van der Waals surface area (Å²) in [6.45, 7) is 6.33. The second-order valence-electron chi connectivity index (χ2n) is 5.39. The Morgan fingerprint density at radius 1 is 1.42 bits per heavy atom. The van der Waals surface area contributed by atoms with Gasteiger partial charge in [0.15, 0.2) is 0 Å². The van der Waals surface area contributed by atoms with Gasteiger partial charge in [0, 0.05) is 32.2 Å². The molecule has 0 amide bonds. The Balaban J connectivity index is 2.07. The Kier molecular flexibility index (Phi) is 4.77. The Morgan fingerprint density at radius 2 is 2.21 bits per heavy atom. The zero-order valence-corrected chi connectivity index (χ0v) is 11.8. The van der Waals surface area contributed by atoms with Crippen LogP contribution in [0, 0.1) is 11.2 Å². The van der Waals surface area contributed by atoms with Gasteiger partial charge in [-0.05, 0) is 25.1 Å². The van der Waals surface area contributed by atoms with E-state index in [0.29, 0.717) is 5.69 Å². The third kappa shape index (κ3) is 3.45. The summed E-state index contributed by atoms with van der Waals surface area (Å²) in [7, 11) is 1.95. The molecule has 0 aliphatic carbocycles. The van der Waals surface area contributed by atoms with Crippen LogP contribution in [0.1, 0.15) is 13.3 Å². The van der Waals surface area contributed by atoms with Crippen molar-refractivity contribution < 1.29 is 9.13 Å². The van der Waals surface area contributed by atoms with Crippen LogP contribution in [0.25, 0.3) is 0 Å². The molecule has 19 heavy (non-hydrogen) atoms. The molecule has 1 aliphatic rings. The van der Waals surface area contributed by atoms with Gasteiger partial charge in [-0.2, -0.15) is 0 Å². The number of para-hydroxylation sites is 1. The summed E-state index contributed by atoms with van der Waals surface area (Å²) in [6, 6.07) is 6.93. The number of nitrogens with zero attached hydrogens (tertiary/aromatic N) is 1. The summed E-state index contributed by atoms with van der Waals surface area (Å²) in [5.74, 6) is -0.164. The quantitative estimate of drug-likeness (QED) is 0.855. The van der Waals surface area contributed by atoms with E-state index in [1.165, 1.54) is 6.07 Å². The van der Waals surface area contributed by atoms with E-state index in [4.69, 9.17) is 4.74 Å². The Bertz CT molecular complexity index is 405. The van der Waals surface area contributed by atoms with Crippen LogP contribution in [0.4, 0.5) is 10.1 Å². The van der Waals surface area contributed by atoms with E-state index in [9.17, 15) is 4.39 Å². The third-order valence-corrected chi connectivity index (χ3v) is 3.77. The minimum absolute atomic E-state index is 0.0903. The van der Waals surface area contributed by atoms with E-state index in [-0.39, 0.29) is 11.2 Å². The van der Waals surface area contributed by atoms with E-state index in [1.807, 2.05) is 24.1 Å². The molecule has 4 heteroatoms. The van der Waals surface area contributed by atoms with Crippen molar-refractivity contribution in [3.8, 4) is 0 Å². The highest BCUT2D eigenvalue weighted by atomic mass is 19.1. The Hall–Kier alpha value is -1.13. The van der Waals surface area contributed by atoms with Gasteiger partial charge in [-0.15, -0.1) is 0 Å². The molecule has 0 saturated carbocycles.